The average molecular weight is 303 g/mol. The zero-order chi connectivity index (χ0) is 15.8. The van der Waals surface area contributed by atoms with E-state index in [4.69, 9.17) is 9.15 Å². The molecular formula is C15H17N3O4. The maximum Gasteiger partial charge on any atom is 0.319 e. The fraction of sp³-hybridized carbons (Fsp3) is 0.200. The van der Waals surface area contributed by atoms with Gasteiger partial charge in [0, 0.05) is 25.0 Å². The molecule has 0 atom stereocenters. The van der Waals surface area contributed by atoms with Crippen LogP contribution in [-0.2, 0) is 4.74 Å². The summed E-state index contributed by atoms with van der Waals surface area (Å²) in [5.74, 6) is -0.282. The maximum atomic E-state index is 11.9. The van der Waals surface area contributed by atoms with Crippen molar-refractivity contribution in [1.82, 2.24) is 5.32 Å². The molecule has 2 aromatic rings. The van der Waals surface area contributed by atoms with Crippen LogP contribution in [0.2, 0.25) is 0 Å². The first-order chi connectivity index (χ1) is 10.7. The van der Waals surface area contributed by atoms with Crippen molar-refractivity contribution in [1.29, 1.82) is 0 Å². The first kappa shape index (κ1) is 15.6. The summed E-state index contributed by atoms with van der Waals surface area (Å²) in [6.07, 6.45) is 2.79. The molecule has 7 heteroatoms. The van der Waals surface area contributed by atoms with Crippen LogP contribution in [0.5, 0.6) is 0 Å². The van der Waals surface area contributed by atoms with Crippen molar-refractivity contribution in [3.8, 4) is 0 Å². The number of rotatable bonds is 6. The molecule has 0 saturated heterocycles. The fourth-order valence-corrected chi connectivity index (χ4v) is 1.71. The minimum atomic E-state index is -0.338. The van der Waals surface area contributed by atoms with Crippen LogP contribution in [0.4, 0.5) is 16.2 Å². The summed E-state index contributed by atoms with van der Waals surface area (Å²) >= 11 is 0. The molecule has 0 spiro atoms. The lowest BCUT2D eigenvalue weighted by molar-refractivity contribution is 0.102. The molecule has 0 aliphatic rings. The van der Waals surface area contributed by atoms with Crippen LogP contribution in [0.1, 0.15) is 10.4 Å². The highest BCUT2D eigenvalue weighted by atomic mass is 16.5. The molecule has 3 N–H and O–H groups in total. The van der Waals surface area contributed by atoms with E-state index >= 15 is 0 Å². The number of hydrogen-bond acceptors (Lipinski definition) is 4. The second-order valence-corrected chi connectivity index (χ2v) is 4.42. The molecule has 0 radical (unpaired) electrons. The van der Waals surface area contributed by atoms with Gasteiger partial charge in [0.05, 0.1) is 18.4 Å². The zero-order valence-corrected chi connectivity index (χ0v) is 12.1. The third kappa shape index (κ3) is 4.64. The van der Waals surface area contributed by atoms with Crippen LogP contribution < -0.4 is 16.0 Å². The number of benzene rings is 1. The van der Waals surface area contributed by atoms with Gasteiger partial charge in [0.1, 0.15) is 6.26 Å². The van der Waals surface area contributed by atoms with E-state index in [0.717, 1.165) is 0 Å². The summed E-state index contributed by atoms with van der Waals surface area (Å²) < 4.78 is 9.70. The largest absolute Gasteiger partial charge is 0.472 e. The SMILES string of the molecule is COCCNC(=O)Nc1cccc(NC(=O)c2ccoc2)c1. The second kappa shape index (κ2) is 7.84. The predicted molar refractivity (Wildman–Crippen MR) is 82.0 cm³/mol. The van der Waals surface area contributed by atoms with Crippen molar-refractivity contribution in [2.75, 3.05) is 30.9 Å². The number of carbonyl (C=O) groups excluding carboxylic acids is 2. The minimum absolute atomic E-state index is 0.282. The van der Waals surface area contributed by atoms with Gasteiger partial charge in [-0.15, -0.1) is 0 Å². The molecule has 0 saturated carbocycles. The molecule has 22 heavy (non-hydrogen) atoms. The molecule has 0 aliphatic carbocycles. The predicted octanol–water partition coefficient (Wildman–Crippen LogP) is 2.30. The summed E-state index contributed by atoms with van der Waals surface area (Å²) in [5.41, 5.74) is 1.57. The van der Waals surface area contributed by atoms with Gasteiger partial charge in [-0.05, 0) is 24.3 Å². The van der Waals surface area contributed by atoms with E-state index in [1.165, 1.54) is 12.5 Å². The van der Waals surface area contributed by atoms with Crippen molar-refractivity contribution in [3.05, 3.63) is 48.4 Å². The Balaban J connectivity index is 1.92. The number of amides is 3. The number of nitrogens with one attached hydrogen (secondary N) is 3. The number of methoxy groups -OCH3 is 1. The fourth-order valence-electron chi connectivity index (χ4n) is 1.71. The highest BCUT2D eigenvalue weighted by Crippen LogP contribution is 2.16. The van der Waals surface area contributed by atoms with Crippen LogP contribution in [0.25, 0.3) is 0 Å². The van der Waals surface area contributed by atoms with Crippen LogP contribution >= 0.6 is 0 Å². The van der Waals surface area contributed by atoms with E-state index in [2.05, 4.69) is 16.0 Å². The van der Waals surface area contributed by atoms with Gasteiger partial charge in [0.25, 0.3) is 5.91 Å². The van der Waals surface area contributed by atoms with Crippen molar-refractivity contribution in [3.63, 3.8) is 0 Å². The molecule has 1 aromatic carbocycles. The Hall–Kier alpha value is -2.80. The topological polar surface area (TPSA) is 92.6 Å². The van der Waals surface area contributed by atoms with E-state index in [0.29, 0.717) is 30.1 Å². The van der Waals surface area contributed by atoms with E-state index in [-0.39, 0.29) is 11.9 Å². The van der Waals surface area contributed by atoms with Crippen LogP contribution in [-0.4, -0.2) is 32.2 Å². The van der Waals surface area contributed by atoms with Crippen LogP contribution in [0.15, 0.2) is 47.3 Å². The van der Waals surface area contributed by atoms with Crippen molar-refractivity contribution < 1.29 is 18.7 Å². The lowest BCUT2D eigenvalue weighted by Crippen LogP contribution is -2.31. The Bertz CT molecular complexity index is 625. The molecule has 3 amide bonds. The maximum absolute atomic E-state index is 11.9. The molecule has 0 bridgehead atoms. The van der Waals surface area contributed by atoms with Crippen LogP contribution in [0, 0.1) is 0 Å². The van der Waals surface area contributed by atoms with Gasteiger partial charge >= 0.3 is 6.03 Å². The van der Waals surface area contributed by atoms with Crippen molar-refractivity contribution >= 4 is 23.3 Å². The molecule has 7 nitrogen and oxygen atoms in total. The van der Waals surface area contributed by atoms with Gasteiger partial charge in [-0.2, -0.15) is 0 Å². The molecule has 0 unspecified atom stereocenters. The molecule has 0 fully saturated rings. The van der Waals surface area contributed by atoms with E-state index < -0.39 is 0 Å². The third-order valence-corrected chi connectivity index (χ3v) is 2.75. The van der Waals surface area contributed by atoms with E-state index in [1.807, 2.05) is 0 Å². The molecule has 1 heterocycles. The molecular weight excluding hydrogens is 286 g/mol. The number of ether oxygens (including phenoxy) is 1. The van der Waals surface area contributed by atoms with Crippen molar-refractivity contribution in [2.45, 2.75) is 0 Å². The molecule has 2 rings (SSSR count). The lowest BCUT2D eigenvalue weighted by Gasteiger charge is -2.09. The number of carbonyl (C=O) groups is 2. The highest BCUT2D eigenvalue weighted by molar-refractivity contribution is 6.04. The van der Waals surface area contributed by atoms with E-state index in [1.54, 1.807) is 37.4 Å². The first-order valence-electron chi connectivity index (χ1n) is 6.66. The van der Waals surface area contributed by atoms with Crippen LogP contribution in [0.3, 0.4) is 0 Å². The molecule has 1 aromatic heterocycles. The quantitative estimate of drug-likeness (QED) is 0.714. The van der Waals surface area contributed by atoms with Gasteiger partial charge in [0.15, 0.2) is 0 Å². The normalized spacial score (nSPS) is 10.0. The van der Waals surface area contributed by atoms with Gasteiger partial charge < -0.3 is 25.1 Å². The third-order valence-electron chi connectivity index (χ3n) is 2.75. The van der Waals surface area contributed by atoms with Gasteiger partial charge in [0.2, 0.25) is 0 Å². The molecule has 116 valence electrons. The Morgan fingerprint density at radius 1 is 1.18 bits per heavy atom. The molecule has 0 aliphatic heterocycles. The highest BCUT2D eigenvalue weighted by Gasteiger charge is 2.08. The Morgan fingerprint density at radius 2 is 1.95 bits per heavy atom. The first-order valence-corrected chi connectivity index (χ1v) is 6.66. The number of urea groups is 1. The monoisotopic (exact) mass is 303 g/mol. The summed E-state index contributed by atoms with van der Waals surface area (Å²) in [7, 11) is 1.56. The standard InChI is InChI=1S/C15H17N3O4/c1-21-8-6-16-15(20)18-13-4-2-3-12(9-13)17-14(19)11-5-7-22-10-11/h2-5,7,9-10H,6,8H2,1H3,(H,17,19)(H2,16,18,20). The lowest BCUT2D eigenvalue weighted by atomic mass is 10.2. The zero-order valence-electron chi connectivity index (χ0n) is 12.1. The minimum Gasteiger partial charge on any atom is -0.472 e. The Labute approximate surface area is 127 Å². The number of hydrogen-bond donors (Lipinski definition) is 3. The smallest absolute Gasteiger partial charge is 0.319 e. The summed E-state index contributed by atoms with van der Waals surface area (Å²) in [6, 6.07) is 8.08. The number of furan rings is 1. The Morgan fingerprint density at radius 3 is 2.64 bits per heavy atom. The van der Waals surface area contributed by atoms with Gasteiger partial charge in [-0.25, -0.2) is 4.79 Å². The van der Waals surface area contributed by atoms with Crippen molar-refractivity contribution in [2.24, 2.45) is 0 Å². The summed E-state index contributed by atoms with van der Waals surface area (Å²) in [4.78, 5) is 23.5. The average Bonchev–Trinajstić information content (AvgIpc) is 3.02. The second-order valence-electron chi connectivity index (χ2n) is 4.42. The summed E-state index contributed by atoms with van der Waals surface area (Å²) in [5, 5.41) is 8.03. The van der Waals surface area contributed by atoms with Gasteiger partial charge in [-0.1, -0.05) is 6.07 Å². The van der Waals surface area contributed by atoms with E-state index in [9.17, 15) is 9.59 Å². The summed E-state index contributed by atoms with van der Waals surface area (Å²) in [6.45, 7) is 0.855. The van der Waals surface area contributed by atoms with Gasteiger partial charge in [-0.3, -0.25) is 4.79 Å². The number of anilines is 2. The Kier molecular flexibility index (Phi) is 5.56.